The number of hydrogen-bond acceptors (Lipinski definition) is 5. The lowest BCUT2D eigenvalue weighted by atomic mass is 10.1. The molecule has 1 N–H and O–H groups in total. The van der Waals surface area contributed by atoms with Gasteiger partial charge < -0.3 is 10.2 Å². The molecule has 1 aliphatic heterocycles. The van der Waals surface area contributed by atoms with E-state index < -0.39 is 9.84 Å². The van der Waals surface area contributed by atoms with Crippen molar-refractivity contribution in [3.8, 4) is 0 Å². The fourth-order valence-electron chi connectivity index (χ4n) is 3.07. The molecule has 0 saturated carbocycles. The van der Waals surface area contributed by atoms with Gasteiger partial charge in [-0.05, 0) is 36.6 Å². The molecule has 1 aromatic carbocycles. The lowest BCUT2D eigenvalue weighted by Gasteiger charge is -2.22. The van der Waals surface area contributed by atoms with Crippen molar-refractivity contribution < 1.29 is 8.42 Å². The van der Waals surface area contributed by atoms with E-state index in [9.17, 15) is 8.42 Å². The third kappa shape index (κ3) is 3.70. The van der Waals surface area contributed by atoms with Crippen LogP contribution in [-0.4, -0.2) is 38.8 Å². The van der Waals surface area contributed by atoms with Crippen molar-refractivity contribution in [2.75, 3.05) is 35.6 Å². The van der Waals surface area contributed by atoms with Crippen LogP contribution in [0.1, 0.15) is 13.3 Å². The molecule has 2 aromatic rings. The molecule has 0 radical (unpaired) electrons. The number of anilines is 2. The number of para-hydroxylation sites is 1. The topological polar surface area (TPSA) is 62.3 Å². The van der Waals surface area contributed by atoms with Gasteiger partial charge in [0.15, 0.2) is 9.84 Å². The van der Waals surface area contributed by atoms with Crippen LogP contribution in [-0.2, 0) is 9.84 Å². The van der Waals surface area contributed by atoms with E-state index in [-0.39, 0.29) is 5.75 Å². The average molecular weight is 345 g/mol. The molecule has 0 aliphatic carbocycles. The molecule has 128 valence electrons. The third-order valence-electron chi connectivity index (χ3n) is 4.44. The Morgan fingerprint density at radius 2 is 2.00 bits per heavy atom. The van der Waals surface area contributed by atoms with Gasteiger partial charge in [0.25, 0.3) is 0 Å². The lowest BCUT2D eigenvalue weighted by Crippen LogP contribution is -2.24. The van der Waals surface area contributed by atoms with Crippen LogP contribution in [0.15, 0.2) is 53.6 Å². The van der Waals surface area contributed by atoms with Crippen LogP contribution in [0.25, 0.3) is 0 Å². The highest BCUT2D eigenvalue weighted by Crippen LogP contribution is 2.30. The molecule has 24 heavy (non-hydrogen) atoms. The molecule has 1 aromatic heterocycles. The summed E-state index contributed by atoms with van der Waals surface area (Å²) in [5.41, 5.74) is 0.833. The summed E-state index contributed by atoms with van der Waals surface area (Å²) in [5.74, 6) is 1.48. The Morgan fingerprint density at radius 3 is 2.75 bits per heavy atom. The molecule has 1 saturated heterocycles. The summed E-state index contributed by atoms with van der Waals surface area (Å²) >= 11 is 0. The molecule has 1 aliphatic rings. The van der Waals surface area contributed by atoms with Crippen LogP contribution in [0.4, 0.5) is 11.5 Å². The van der Waals surface area contributed by atoms with Crippen molar-refractivity contribution in [1.82, 2.24) is 4.98 Å². The Morgan fingerprint density at radius 1 is 1.21 bits per heavy atom. The van der Waals surface area contributed by atoms with Gasteiger partial charge in [0.05, 0.1) is 16.3 Å². The minimum absolute atomic E-state index is 0.127. The van der Waals surface area contributed by atoms with Gasteiger partial charge in [-0.15, -0.1) is 0 Å². The number of sulfone groups is 1. The van der Waals surface area contributed by atoms with Crippen molar-refractivity contribution in [1.29, 1.82) is 0 Å². The van der Waals surface area contributed by atoms with Crippen molar-refractivity contribution >= 4 is 21.3 Å². The first-order chi connectivity index (χ1) is 11.6. The maximum Gasteiger partial charge on any atom is 0.180 e. The zero-order valence-electron chi connectivity index (χ0n) is 13.9. The van der Waals surface area contributed by atoms with E-state index in [1.54, 1.807) is 25.3 Å². The predicted molar refractivity (Wildman–Crippen MR) is 97.2 cm³/mol. The van der Waals surface area contributed by atoms with Gasteiger partial charge in [-0.1, -0.05) is 25.1 Å². The standard InChI is InChI=1S/C18H23N3O2S/c1-2-24(22,23)17-8-4-3-7-16(17)21-12-10-15(14-21)13-20-18-9-5-6-11-19-18/h3-9,11,15H,2,10,12-14H2,1H3,(H,19,20)/t15-/m1/s1. The first kappa shape index (κ1) is 16.8. The highest BCUT2D eigenvalue weighted by atomic mass is 32.2. The van der Waals surface area contributed by atoms with Gasteiger partial charge in [-0.2, -0.15) is 0 Å². The highest BCUT2D eigenvalue weighted by Gasteiger charge is 2.27. The van der Waals surface area contributed by atoms with Crippen molar-refractivity contribution in [2.45, 2.75) is 18.2 Å². The summed E-state index contributed by atoms with van der Waals surface area (Å²) in [6, 6.07) is 13.1. The Labute approximate surface area is 143 Å². The van der Waals surface area contributed by atoms with Gasteiger partial charge in [0.2, 0.25) is 0 Å². The van der Waals surface area contributed by atoms with Gasteiger partial charge >= 0.3 is 0 Å². The molecule has 6 heteroatoms. The number of hydrogen-bond donors (Lipinski definition) is 1. The molecule has 0 bridgehead atoms. The van der Waals surface area contributed by atoms with E-state index in [1.165, 1.54) is 0 Å². The van der Waals surface area contributed by atoms with Gasteiger partial charge in [-0.25, -0.2) is 13.4 Å². The van der Waals surface area contributed by atoms with Gasteiger partial charge in [0.1, 0.15) is 5.82 Å². The maximum atomic E-state index is 12.3. The molecular weight excluding hydrogens is 322 g/mol. The summed E-state index contributed by atoms with van der Waals surface area (Å²) in [5, 5.41) is 3.36. The van der Waals surface area contributed by atoms with E-state index in [0.29, 0.717) is 10.8 Å². The highest BCUT2D eigenvalue weighted by molar-refractivity contribution is 7.91. The van der Waals surface area contributed by atoms with Crippen LogP contribution in [0.2, 0.25) is 0 Å². The summed E-state index contributed by atoms with van der Waals surface area (Å²) in [4.78, 5) is 6.91. The minimum Gasteiger partial charge on any atom is -0.370 e. The molecule has 0 amide bonds. The van der Waals surface area contributed by atoms with Crippen molar-refractivity contribution in [2.24, 2.45) is 5.92 Å². The molecular formula is C18H23N3O2S. The van der Waals surface area contributed by atoms with Crippen LogP contribution < -0.4 is 10.2 Å². The molecule has 0 spiro atoms. The van der Waals surface area contributed by atoms with Crippen molar-refractivity contribution in [3.63, 3.8) is 0 Å². The minimum atomic E-state index is -3.21. The number of nitrogens with zero attached hydrogens (tertiary/aromatic N) is 2. The number of nitrogens with one attached hydrogen (secondary N) is 1. The zero-order chi connectivity index (χ0) is 17.0. The maximum absolute atomic E-state index is 12.3. The normalized spacial score (nSPS) is 17.9. The van der Waals surface area contributed by atoms with E-state index in [2.05, 4.69) is 15.2 Å². The smallest absolute Gasteiger partial charge is 0.180 e. The summed E-state index contributed by atoms with van der Waals surface area (Å²) in [6.45, 7) is 4.27. The Kier molecular flexibility index (Phi) is 5.04. The zero-order valence-corrected chi connectivity index (χ0v) is 14.7. The number of rotatable bonds is 6. The van der Waals surface area contributed by atoms with Crippen LogP contribution >= 0.6 is 0 Å². The summed E-state index contributed by atoms with van der Waals surface area (Å²) in [6.07, 6.45) is 2.81. The van der Waals surface area contributed by atoms with Crippen LogP contribution in [0, 0.1) is 5.92 Å². The summed E-state index contributed by atoms with van der Waals surface area (Å²) in [7, 11) is -3.21. The fraction of sp³-hybridized carbons (Fsp3) is 0.389. The van der Waals surface area contributed by atoms with Crippen molar-refractivity contribution in [3.05, 3.63) is 48.7 Å². The molecule has 1 fully saturated rings. The first-order valence-corrected chi connectivity index (χ1v) is 9.97. The molecule has 3 rings (SSSR count). The SMILES string of the molecule is CCS(=O)(=O)c1ccccc1N1CC[C@H](CNc2ccccn2)C1. The molecule has 5 nitrogen and oxygen atoms in total. The number of benzene rings is 1. The monoisotopic (exact) mass is 345 g/mol. The largest absolute Gasteiger partial charge is 0.370 e. The second kappa shape index (κ2) is 7.21. The third-order valence-corrected chi connectivity index (χ3v) is 6.22. The van der Waals surface area contributed by atoms with Crippen LogP contribution in [0.3, 0.4) is 0 Å². The predicted octanol–water partition coefficient (Wildman–Crippen LogP) is 2.81. The molecule has 0 unspecified atom stereocenters. The second-order valence-corrected chi connectivity index (χ2v) is 8.31. The lowest BCUT2D eigenvalue weighted by molar-refractivity contribution is 0.596. The Balaban J connectivity index is 1.68. The number of pyridine rings is 1. The Hall–Kier alpha value is -2.08. The average Bonchev–Trinajstić information content (AvgIpc) is 3.10. The fourth-order valence-corrected chi connectivity index (χ4v) is 4.18. The Bertz CT molecular complexity index is 778. The summed E-state index contributed by atoms with van der Waals surface area (Å²) < 4.78 is 24.6. The quantitative estimate of drug-likeness (QED) is 0.872. The van der Waals surface area contributed by atoms with Crippen LogP contribution in [0.5, 0.6) is 0 Å². The van der Waals surface area contributed by atoms with E-state index in [0.717, 1.165) is 37.6 Å². The molecule has 1 atom stereocenters. The van der Waals surface area contributed by atoms with E-state index in [4.69, 9.17) is 0 Å². The van der Waals surface area contributed by atoms with E-state index >= 15 is 0 Å². The van der Waals surface area contributed by atoms with E-state index in [1.807, 2.05) is 30.3 Å². The first-order valence-electron chi connectivity index (χ1n) is 8.32. The van der Waals surface area contributed by atoms with Gasteiger partial charge in [-0.3, -0.25) is 0 Å². The molecule has 2 heterocycles. The second-order valence-electron chi connectivity index (χ2n) is 6.07. The number of aromatic nitrogens is 1. The van der Waals surface area contributed by atoms with Gasteiger partial charge in [0, 0.05) is 25.8 Å².